The number of carbonyl (C=O) groups excluding carboxylic acids is 1. The summed E-state index contributed by atoms with van der Waals surface area (Å²) in [6, 6.07) is 1.45. The second-order valence-corrected chi connectivity index (χ2v) is 4.77. The van der Waals surface area contributed by atoms with Crippen molar-refractivity contribution in [1.82, 2.24) is 10.3 Å². The van der Waals surface area contributed by atoms with E-state index in [0.717, 1.165) is 19.0 Å². The maximum atomic E-state index is 13.2. The molecule has 1 saturated carbocycles. The van der Waals surface area contributed by atoms with E-state index in [0.29, 0.717) is 18.3 Å². The first kappa shape index (κ1) is 12.8. The highest BCUT2D eigenvalue weighted by Crippen LogP contribution is 2.29. The molecule has 1 aromatic rings. The summed E-state index contributed by atoms with van der Waals surface area (Å²) in [4.78, 5) is 16.0. The van der Waals surface area contributed by atoms with Crippen LogP contribution in [0.4, 0.5) is 10.2 Å². The van der Waals surface area contributed by atoms with Crippen molar-refractivity contribution >= 4 is 11.7 Å². The summed E-state index contributed by atoms with van der Waals surface area (Å²) in [5, 5.41) is 5.92. The monoisotopic (exact) mass is 251 g/mol. The third kappa shape index (κ3) is 2.97. The number of pyridine rings is 1. The Labute approximate surface area is 106 Å². The van der Waals surface area contributed by atoms with Crippen molar-refractivity contribution in [2.75, 3.05) is 11.9 Å². The zero-order valence-electron chi connectivity index (χ0n) is 10.7. The molecule has 1 aromatic heterocycles. The van der Waals surface area contributed by atoms with E-state index in [1.54, 1.807) is 0 Å². The quantitative estimate of drug-likeness (QED) is 0.843. The van der Waals surface area contributed by atoms with E-state index in [-0.39, 0.29) is 17.5 Å². The van der Waals surface area contributed by atoms with E-state index in [1.807, 2.05) is 6.92 Å². The summed E-state index contributed by atoms with van der Waals surface area (Å²) in [5.41, 5.74) is 0.280. The number of hydrogen-bond acceptors (Lipinski definition) is 3. The van der Waals surface area contributed by atoms with Crippen LogP contribution >= 0.6 is 0 Å². The molecule has 5 heteroatoms. The summed E-state index contributed by atoms with van der Waals surface area (Å²) in [7, 11) is 0. The van der Waals surface area contributed by atoms with Crippen LogP contribution in [0.3, 0.4) is 0 Å². The van der Waals surface area contributed by atoms with E-state index in [4.69, 9.17) is 0 Å². The van der Waals surface area contributed by atoms with Gasteiger partial charge in [-0.15, -0.1) is 0 Å². The first-order valence-corrected chi connectivity index (χ1v) is 6.32. The summed E-state index contributed by atoms with van der Waals surface area (Å²) in [6.07, 6.45) is 3.03. The minimum atomic E-state index is -0.494. The highest BCUT2D eigenvalue weighted by atomic mass is 19.1. The molecule has 0 saturated heterocycles. The smallest absolute Gasteiger partial charge is 0.255 e. The van der Waals surface area contributed by atoms with Crippen molar-refractivity contribution in [2.24, 2.45) is 5.92 Å². The van der Waals surface area contributed by atoms with Gasteiger partial charge in [0.05, 0.1) is 11.8 Å². The Kier molecular flexibility index (Phi) is 3.79. The second-order valence-electron chi connectivity index (χ2n) is 4.77. The van der Waals surface area contributed by atoms with Gasteiger partial charge in [0.25, 0.3) is 5.91 Å². The molecular formula is C13H18FN3O. The maximum absolute atomic E-state index is 13.2. The average Bonchev–Trinajstić information content (AvgIpc) is 3.03. The van der Waals surface area contributed by atoms with Gasteiger partial charge in [-0.25, -0.2) is 9.37 Å². The lowest BCUT2D eigenvalue weighted by Crippen LogP contribution is -2.28. The van der Waals surface area contributed by atoms with E-state index in [2.05, 4.69) is 22.5 Å². The van der Waals surface area contributed by atoms with Gasteiger partial charge in [-0.2, -0.15) is 0 Å². The molecule has 1 aliphatic rings. The molecule has 2 atom stereocenters. The van der Waals surface area contributed by atoms with Gasteiger partial charge in [-0.1, -0.05) is 13.8 Å². The number of amides is 1. The number of hydrogen-bond donors (Lipinski definition) is 2. The Hall–Kier alpha value is -1.65. The topological polar surface area (TPSA) is 54.0 Å². The van der Waals surface area contributed by atoms with Crippen LogP contribution < -0.4 is 10.6 Å². The summed E-state index contributed by atoms with van der Waals surface area (Å²) >= 11 is 0. The van der Waals surface area contributed by atoms with E-state index in [9.17, 15) is 9.18 Å². The van der Waals surface area contributed by atoms with Crippen LogP contribution in [-0.2, 0) is 0 Å². The van der Waals surface area contributed by atoms with Crippen LogP contribution in [-0.4, -0.2) is 23.5 Å². The molecule has 4 nitrogen and oxygen atoms in total. The molecule has 0 spiro atoms. The summed E-state index contributed by atoms with van der Waals surface area (Å²) in [5.74, 6) is 0.215. The van der Waals surface area contributed by atoms with Crippen molar-refractivity contribution < 1.29 is 9.18 Å². The number of nitrogens with one attached hydrogen (secondary N) is 2. The maximum Gasteiger partial charge on any atom is 0.255 e. The molecular weight excluding hydrogens is 233 g/mol. The lowest BCUT2D eigenvalue weighted by Gasteiger charge is -2.10. The van der Waals surface area contributed by atoms with Crippen LogP contribution in [0, 0.1) is 11.7 Å². The van der Waals surface area contributed by atoms with Gasteiger partial charge >= 0.3 is 0 Å². The zero-order valence-corrected chi connectivity index (χ0v) is 10.7. The molecule has 0 aromatic carbocycles. The predicted molar refractivity (Wildman–Crippen MR) is 68.0 cm³/mol. The fraction of sp³-hybridized carbons (Fsp3) is 0.538. The molecule has 1 amide bonds. The Morgan fingerprint density at radius 2 is 2.33 bits per heavy atom. The Bertz CT molecular complexity index is 450. The molecule has 98 valence electrons. The normalized spacial score (nSPS) is 21.5. The van der Waals surface area contributed by atoms with Gasteiger partial charge in [0, 0.05) is 12.6 Å². The minimum absolute atomic E-state index is 0.222. The second kappa shape index (κ2) is 5.33. The number of carbonyl (C=O) groups is 1. The van der Waals surface area contributed by atoms with E-state index >= 15 is 0 Å². The first-order valence-electron chi connectivity index (χ1n) is 6.32. The van der Waals surface area contributed by atoms with Gasteiger partial charge in [0.2, 0.25) is 0 Å². The summed E-state index contributed by atoms with van der Waals surface area (Å²) in [6.45, 7) is 4.80. The van der Waals surface area contributed by atoms with Crippen molar-refractivity contribution in [1.29, 1.82) is 0 Å². The Morgan fingerprint density at radius 1 is 1.61 bits per heavy atom. The fourth-order valence-electron chi connectivity index (χ4n) is 1.77. The third-order valence-electron chi connectivity index (χ3n) is 3.07. The van der Waals surface area contributed by atoms with Gasteiger partial charge in [0.15, 0.2) is 0 Å². The number of rotatable bonds is 5. The van der Waals surface area contributed by atoms with Crippen molar-refractivity contribution in [2.45, 2.75) is 32.7 Å². The highest BCUT2D eigenvalue weighted by molar-refractivity contribution is 5.99. The number of anilines is 1. The van der Waals surface area contributed by atoms with Crippen molar-refractivity contribution in [3.63, 3.8) is 0 Å². The van der Waals surface area contributed by atoms with Gasteiger partial charge in [-0.3, -0.25) is 4.79 Å². The Balaban J connectivity index is 2.12. The van der Waals surface area contributed by atoms with Crippen LogP contribution in [0.1, 0.15) is 37.0 Å². The lowest BCUT2D eigenvalue weighted by molar-refractivity contribution is 0.0949. The molecule has 2 N–H and O–H groups in total. The molecule has 18 heavy (non-hydrogen) atoms. The van der Waals surface area contributed by atoms with Gasteiger partial charge in [0.1, 0.15) is 11.6 Å². The molecule has 1 fully saturated rings. The largest absolute Gasteiger partial charge is 0.369 e. The zero-order chi connectivity index (χ0) is 13.1. The standard InChI is InChI=1S/C13H18FN3O/c1-3-4-15-12-10(6-9(14)7-16-12)13(18)17-11-5-8(11)2/h6-8,11H,3-5H2,1-2H3,(H,15,16)(H,17,18). The van der Waals surface area contributed by atoms with Crippen LogP contribution in [0.2, 0.25) is 0 Å². The molecule has 0 radical (unpaired) electrons. The highest BCUT2D eigenvalue weighted by Gasteiger charge is 2.34. The lowest BCUT2D eigenvalue weighted by atomic mass is 10.2. The summed E-state index contributed by atoms with van der Waals surface area (Å²) < 4.78 is 13.2. The predicted octanol–water partition coefficient (Wildman–Crippen LogP) is 2.18. The molecule has 2 rings (SSSR count). The average molecular weight is 251 g/mol. The fourth-order valence-corrected chi connectivity index (χ4v) is 1.77. The van der Waals surface area contributed by atoms with E-state index in [1.165, 1.54) is 6.07 Å². The van der Waals surface area contributed by atoms with Crippen molar-refractivity contribution in [3.05, 3.63) is 23.6 Å². The number of aromatic nitrogens is 1. The number of halogens is 1. The van der Waals surface area contributed by atoms with Gasteiger partial charge in [-0.05, 0) is 24.8 Å². The molecule has 0 bridgehead atoms. The van der Waals surface area contributed by atoms with E-state index < -0.39 is 5.82 Å². The SMILES string of the molecule is CCCNc1ncc(F)cc1C(=O)NC1CC1C. The third-order valence-corrected chi connectivity index (χ3v) is 3.07. The molecule has 2 unspecified atom stereocenters. The van der Waals surface area contributed by atoms with Crippen LogP contribution in [0.5, 0.6) is 0 Å². The number of nitrogens with zero attached hydrogens (tertiary/aromatic N) is 1. The van der Waals surface area contributed by atoms with Crippen LogP contribution in [0.25, 0.3) is 0 Å². The first-order chi connectivity index (χ1) is 8.61. The Morgan fingerprint density at radius 3 is 2.94 bits per heavy atom. The molecule has 1 heterocycles. The van der Waals surface area contributed by atoms with Crippen molar-refractivity contribution in [3.8, 4) is 0 Å². The van der Waals surface area contributed by atoms with Crippen LogP contribution in [0.15, 0.2) is 12.3 Å². The minimum Gasteiger partial charge on any atom is -0.369 e. The molecule has 0 aliphatic heterocycles. The molecule has 1 aliphatic carbocycles. The van der Waals surface area contributed by atoms with Gasteiger partial charge < -0.3 is 10.6 Å².